The molecule has 1 aromatic carbocycles. The van der Waals surface area contributed by atoms with Crippen molar-refractivity contribution in [3.63, 3.8) is 0 Å². The summed E-state index contributed by atoms with van der Waals surface area (Å²) in [6.07, 6.45) is 5.30. The Morgan fingerprint density at radius 3 is 2.70 bits per heavy atom. The zero-order valence-electron chi connectivity index (χ0n) is 15.5. The van der Waals surface area contributed by atoms with Gasteiger partial charge in [-0.3, -0.25) is 4.98 Å². The molecule has 0 bridgehead atoms. The van der Waals surface area contributed by atoms with Crippen molar-refractivity contribution in [2.75, 3.05) is 0 Å². The van der Waals surface area contributed by atoms with E-state index in [1.54, 1.807) is 35.5 Å². The minimum Gasteiger partial charge on any atom is -0.494 e. The molecule has 7 nitrogen and oxygen atoms in total. The molecular weight excluding hydrogens is 342 g/mol. The number of aromatic nitrogens is 5. The van der Waals surface area contributed by atoms with Crippen LogP contribution >= 0.6 is 0 Å². The van der Waals surface area contributed by atoms with Crippen LogP contribution < -0.4 is 0 Å². The average molecular weight is 363 g/mol. The molecule has 7 heteroatoms. The number of aliphatic hydroxyl groups is 1. The van der Waals surface area contributed by atoms with Gasteiger partial charge in [-0.05, 0) is 45.0 Å². The van der Waals surface area contributed by atoms with Crippen molar-refractivity contribution in [1.29, 1.82) is 0 Å². The summed E-state index contributed by atoms with van der Waals surface area (Å²) in [6.45, 7) is 5.69. The van der Waals surface area contributed by atoms with E-state index in [2.05, 4.69) is 15.3 Å². The Hall–Kier alpha value is -3.19. The van der Waals surface area contributed by atoms with E-state index in [0.717, 1.165) is 33.4 Å². The number of aromatic hydroxyl groups is 1. The van der Waals surface area contributed by atoms with Gasteiger partial charge < -0.3 is 14.8 Å². The van der Waals surface area contributed by atoms with Crippen molar-refractivity contribution in [2.45, 2.75) is 32.9 Å². The molecule has 3 aromatic heterocycles. The van der Waals surface area contributed by atoms with Gasteiger partial charge in [-0.25, -0.2) is 4.68 Å². The summed E-state index contributed by atoms with van der Waals surface area (Å²) in [5, 5.41) is 30.7. The topological polar surface area (TPSA) is 89.0 Å². The number of nitrogens with zero attached hydrogens (tertiary/aromatic N) is 5. The number of hydrogen-bond donors (Lipinski definition) is 2. The maximum Gasteiger partial charge on any atom is 0.199 e. The van der Waals surface area contributed by atoms with E-state index in [0.29, 0.717) is 6.54 Å². The predicted octanol–water partition coefficient (Wildman–Crippen LogP) is 3.07. The summed E-state index contributed by atoms with van der Waals surface area (Å²) >= 11 is 0. The zero-order chi connectivity index (χ0) is 19.2. The van der Waals surface area contributed by atoms with Crippen LogP contribution in [0, 0.1) is 6.92 Å². The van der Waals surface area contributed by atoms with Crippen molar-refractivity contribution in [1.82, 2.24) is 24.5 Å². The molecule has 0 fully saturated rings. The Morgan fingerprint density at radius 2 is 2.00 bits per heavy atom. The fourth-order valence-electron chi connectivity index (χ4n) is 3.26. The molecule has 0 unspecified atom stereocenters. The molecular formula is C20H21N5O2. The highest BCUT2D eigenvalue weighted by Crippen LogP contribution is 2.32. The van der Waals surface area contributed by atoms with Gasteiger partial charge in [-0.1, -0.05) is 11.3 Å². The standard InChI is InChI=1S/C20H21N5O2/c1-13-18(22-23-25(13)16-5-4-8-21-10-16)14-6-7-17-15(9-14)11-24(19(17)26)12-20(2,3)27/h4-11,26-27H,12H2,1-3H3. The molecule has 0 atom stereocenters. The highest BCUT2D eigenvalue weighted by Gasteiger charge is 2.18. The fraction of sp³-hybridized carbons (Fsp3) is 0.250. The second-order valence-electron chi connectivity index (χ2n) is 7.34. The molecule has 2 N–H and O–H groups in total. The minimum absolute atomic E-state index is 0.148. The van der Waals surface area contributed by atoms with Crippen LogP contribution in [-0.2, 0) is 6.54 Å². The number of benzene rings is 1. The first-order chi connectivity index (χ1) is 12.8. The smallest absolute Gasteiger partial charge is 0.199 e. The number of hydrogen-bond acceptors (Lipinski definition) is 5. The molecule has 0 aliphatic rings. The van der Waals surface area contributed by atoms with Crippen molar-refractivity contribution in [3.8, 4) is 22.8 Å². The third-order valence-electron chi connectivity index (χ3n) is 4.48. The lowest BCUT2D eigenvalue weighted by Gasteiger charge is -2.18. The molecule has 0 aliphatic carbocycles. The second kappa shape index (κ2) is 6.21. The third kappa shape index (κ3) is 3.17. The predicted molar refractivity (Wildman–Crippen MR) is 103 cm³/mol. The first-order valence-corrected chi connectivity index (χ1v) is 8.71. The molecule has 0 spiro atoms. The van der Waals surface area contributed by atoms with Crippen LogP contribution in [0.3, 0.4) is 0 Å². The monoisotopic (exact) mass is 363 g/mol. The lowest BCUT2D eigenvalue weighted by atomic mass is 10.1. The zero-order valence-corrected chi connectivity index (χ0v) is 15.5. The number of rotatable bonds is 4. The Labute approximate surface area is 156 Å². The summed E-state index contributed by atoms with van der Waals surface area (Å²) in [6, 6.07) is 9.54. The maximum absolute atomic E-state index is 10.4. The average Bonchev–Trinajstić information content (AvgIpc) is 3.14. The van der Waals surface area contributed by atoms with E-state index in [9.17, 15) is 10.2 Å². The Kier molecular flexibility index (Phi) is 3.96. The SMILES string of the molecule is Cc1c(-c2ccc3c(O)n(CC(C)(C)O)cc3c2)nnn1-c1cccnc1. The summed E-state index contributed by atoms with van der Waals surface area (Å²) in [4.78, 5) is 4.13. The van der Waals surface area contributed by atoms with E-state index in [4.69, 9.17) is 0 Å². The number of fused-ring (bicyclic) bond motifs is 1. The summed E-state index contributed by atoms with van der Waals surface area (Å²) in [5.74, 6) is 0.148. The minimum atomic E-state index is -0.918. The molecule has 0 saturated heterocycles. The van der Waals surface area contributed by atoms with Crippen LogP contribution in [0.5, 0.6) is 5.88 Å². The van der Waals surface area contributed by atoms with Gasteiger partial charge in [-0.15, -0.1) is 5.10 Å². The molecule has 138 valence electrons. The highest BCUT2D eigenvalue weighted by molar-refractivity contribution is 5.91. The molecule has 4 rings (SSSR count). The van der Waals surface area contributed by atoms with Crippen LogP contribution in [-0.4, -0.2) is 40.4 Å². The first-order valence-electron chi connectivity index (χ1n) is 8.71. The summed E-state index contributed by atoms with van der Waals surface area (Å²) < 4.78 is 3.41. The van der Waals surface area contributed by atoms with Gasteiger partial charge in [0, 0.05) is 28.7 Å². The Balaban J connectivity index is 1.76. The van der Waals surface area contributed by atoms with E-state index in [-0.39, 0.29) is 5.88 Å². The van der Waals surface area contributed by atoms with Crippen LogP contribution in [0.4, 0.5) is 0 Å². The molecule has 0 radical (unpaired) electrons. The number of pyridine rings is 1. The first kappa shape index (κ1) is 17.2. The lowest BCUT2D eigenvalue weighted by molar-refractivity contribution is 0.0594. The Morgan fingerprint density at radius 1 is 1.19 bits per heavy atom. The summed E-state index contributed by atoms with van der Waals surface area (Å²) in [5.41, 5.74) is 2.52. The quantitative estimate of drug-likeness (QED) is 0.582. The van der Waals surface area contributed by atoms with Gasteiger partial charge in [0.25, 0.3) is 0 Å². The molecule has 0 aliphatic heterocycles. The summed E-state index contributed by atoms with van der Waals surface area (Å²) in [7, 11) is 0. The van der Waals surface area contributed by atoms with Crippen LogP contribution in [0.25, 0.3) is 27.7 Å². The largest absolute Gasteiger partial charge is 0.494 e. The van der Waals surface area contributed by atoms with Crippen molar-refractivity contribution >= 4 is 10.8 Å². The molecule has 3 heterocycles. The van der Waals surface area contributed by atoms with E-state index >= 15 is 0 Å². The highest BCUT2D eigenvalue weighted by atomic mass is 16.3. The Bertz CT molecular complexity index is 1110. The van der Waals surface area contributed by atoms with Gasteiger partial charge in [-0.2, -0.15) is 0 Å². The van der Waals surface area contributed by atoms with Crippen molar-refractivity contribution in [3.05, 3.63) is 54.6 Å². The second-order valence-corrected chi connectivity index (χ2v) is 7.34. The maximum atomic E-state index is 10.4. The lowest BCUT2D eigenvalue weighted by Crippen LogP contribution is -2.25. The van der Waals surface area contributed by atoms with Gasteiger partial charge in [0.2, 0.25) is 0 Å². The molecule has 0 amide bonds. The molecule has 0 saturated carbocycles. The molecule has 27 heavy (non-hydrogen) atoms. The van der Waals surface area contributed by atoms with Crippen molar-refractivity contribution < 1.29 is 10.2 Å². The van der Waals surface area contributed by atoms with E-state index < -0.39 is 5.60 Å². The van der Waals surface area contributed by atoms with Crippen LogP contribution in [0.2, 0.25) is 0 Å². The van der Waals surface area contributed by atoms with Gasteiger partial charge in [0.15, 0.2) is 5.88 Å². The normalized spacial score (nSPS) is 12.0. The van der Waals surface area contributed by atoms with Gasteiger partial charge >= 0.3 is 0 Å². The molecule has 4 aromatic rings. The van der Waals surface area contributed by atoms with Gasteiger partial charge in [0.1, 0.15) is 5.69 Å². The van der Waals surface area contributed by atoms with Gasteiger partial charge in [0.05, 0.1) is 29.7 Å². The van der Waals surface area contributed by atoms with E-state index in [1.807, 2.05) is 43.5 Å². The van der Waals surface area contributed by atoms with Crippen LogP contribution in [0.1, 0.15) is 19.5 Å². The van der Waals surface area contributed by atoms with E-state index in [1.165, 1.54) is 0 Å². The third-order valence-corrected chi connectivity index (χ3v) is 4.48. The van der Waals surface area contributed by atoms with Crippen molar-refractivity contribution in [2.24, 2.45) is 0 Å². The fourth-order valence-corrected chi connectivity index (χ4v) is 3.26. The van der Waals surface area contributed by atoms with Crippen LogP contribution in [0.15, 0.2) is 48.9 Å².